The number of hydrogen-bond donors (Lipinski definition) is 2. The molecule has 2 rings (SSSR count). The van der Waals surface area contributed by atoms with Crippen LogP contribution in [0.15, 0.2) is 47.4 Å². The minimum Gasteiger partial charge on any atom is -0.478 e. The monoisotopic (exact) mass is 301 g/mol. The van der Waals surface area contributed by atoms with Gasteiger partial charge in [-0.2, -0.15) is 0 Å². The molecule has 0 saturated carbocycles. The normalized spacial score (nSPS) is 10.3. The number of carbonyl (C=O) groups excluding carboxylic acids is 1. The van der Waals surface area contributed by atoms with Gasteiger partial charge < -0.3 is 10.8 Å². The molecule has 4 nitrogen and oxygen atoms in total. The lowest BCUT2D eigenvalue weighted by atomic mass is 10.1. The van der Waals surface area contributed by atoms with Crippen molar-refractivity contribution in [2.45, 2.75) is 17.6 Å². The summed E-state index contributed by atoms with van der Waals surface area (Å²) in [5, 5.41) is 9.15. The fraction of sp³-hybridized carbons (Fsp3) is 0.125. The van der Waals surface area contributed by atoms with Crippen molar-refractivity contribution in [2.24, 2.45) is 5.73 Å². The summed E-state index contributed by atoms with van der Waals surface area (Å²) in [6.07, 6.45) is 0. The van der Waals surface area contributed by atoms with Crippen molar-refractivity contribution in [3.05, 3.63) is 64.7 Å². The summed E-state index contributed by atoms with van der Waals surface area (Å²) in [4.78, 5) is 23.0. The molecule has 3 N–H and O–H groups in total. The van der Waals surface area contributed by atoms with Crippen molar-refractivity contribution in [1.82, 2.24) is 0 Å². The molecular weight excluding hydrogens is 286 g/mol. The number of primary amides is 1. The number of aromatic carboxylic acids is 1. The van der Waals surface area contributed by atoms with E-state index in [1.54, 1.807) is 30.3 Å². The first kappa shape index (κ1) is 15.1. The quantitative estimate of drug-likeness (QED) is 0.832. The number of nitrogens with two attached hydrogens (primary N) is 1. The average molecular weight is 301 g/mol. The summed E-state index contributed by atoms with van der Waals surface area (Å²) in [6, 6.07) is 12.2. The number of rotatable bonds is 5. The first-order chi connectivity index (χ1) is 9.99. The van der Waals surface area contributed by atoms with Crippen LogP contribution in [0.3, 0.4) is 0 Å². The molecule has 0 saturated heterocycles. The van der Waals surface area contributed by atoms with Gasteiger partial charge in [0.25, 0.3) is 0 Å². The Morgan fingerprint density at radius 3 is 2.52 bits per heavy atom. The van der Waals surface area contributed by atoms with Crippen LogP contribution in [-0.2, 0) is 5.75 Å². The predicted octanol–water partition coefficient (Wildman–Crippen LogP) is 3.08. The Bertz CT molecular complexity index is 698. The van der Waals surface area contributed by atoms with Gasteiger partial charge in [-0.05, 0) is 42.3 Å². The van der Waals surface area contributed by atoms with E-state index < -0.39 is 11.9 Å². The minimum atomic E-state index is -0.932. The van der Waals surface area contributed by atoms with Crippen LogP contribution in [0.25, 0.3) is 0 Å². The first-order valence-corrected chi connectivity index (χ1v) is 7.32. The topological polar surface area (TPSA) is 80.4 Å². The van der Waals surface area contributed by atoms with Gasteiger partial charge in [0.15, 0.2) is 0 Å². The van der Waals surface area contributed by atoms with E-state index in [0.717, 1.165) is 16.0 Å². The first-order valence-electron chi connectivity index (χ1n) is 6.33. The third kappa shape index (κ3) is 3.64. The third-order valence-corrected chi connectivity index (χ3v) is 4.25. The maximum Gasteiger partial charge on any atom is 0.336 e. The molecule has 21 heavy (non-hydrogen) atoms. The van der Waals surface area contributed by atoms with Gasteiger partial charge in [0.2, 0.25) is 5.91 Å². The summed E-state index contributed by atoms with van der Waals surface area (Å²) in [6.45, 7) is 1.91. The molecule has 108 valence electrons. The molecule has 0 heterocycles. The van der Waals surface area contributed by atoms with Crippen LogP contribution in [0.5, 0.6) is 0 Å². The second-order valence-corrected chi connectivity index (χ2v) is 5.61. The van der Waals surface area contributed by atoms with Crippen LogP contribution < -0.4 is 5.73 Å². The van der Waals surface area contributed by atoms with Crippen molar-refractivity contribution in [1.29, 1.82) is 0 Å². The Morgan fingerprint density at radius 1 is 1.19 bits per heavy atom. The van der Waals surface area contributed by atoms with Gasteiger partial charge in [0.05, 0.1) is 5.56 Å². The summed E-state index contributed by atoms with van der Waals surface area (Å²) >= 11 is 1.46. The van der Waals surface area contributed by atoms with Crippen LogP contribution in [0.4, 0.5) is 0 Å². The van der Waals surface area contributed by atoms with E-state index in [-0.39, 0.29) is 0 Å². The molecule has 1 amide bonds. The Morgan fingerprint density at radius 2 is 1.90 bits per heavy atom. The number of hydrogen-bond acceptors (Lipinski definition) is 3. The molecular formula is C16H15NO3S. The zero-order valence-corrected chi connectivity index (χ0v) is 12.3. The Labute approximate surface area is 127 Å². The molecule has 0 aliphatic heterocycles. The van der Waals surface area contributed by atoms with E-state index in [1.807, 2.05) is 19.1 Å². The van der Waals surface area contributed by atoms with Crippen LogP contribution in [-0.4, -0.2) is 17.0 Å². The van der Waals surface area contributed by atoms with Gasteiger partial charge in [0.1, 0.15) is 0 Å². The van der Waals surface area contributed by atoms with E-state index in [0.29, 0.717) is 16.9 Å². The molecule has 0 bridgehead atoms. The van der Waals surface area contributed by atoms with E-state index in [2.05, 4.69) is 0 Å². The van der Waals surface area contributed by atoms with Gasteiger partial charge in [0, 0.05) is 16.2 Å². The molecule has 5 heteroatoms. The van der Waals surface area contributed by atoms with Crippen LogP contribution in [0, 0.1) is 6.92 Å². The molecule has 0 radical (unpaired) electrons. The van der Waals surface area contributed by atoms with Gasteiger partial charge >= 0.3 is 5.97 Å². The average Bonchev–Trinajstić information content (AvgIpc) is 2.46. The maximum atomic E-state index is 11.2. The lowest BCUT2D eigenvalue weighted by molar-refractivity contribution is 0.0693. The van der Waals surface area contributed by atoms with Crippen LogP contribution in [0.2, 0.25) is 0 Å². The van der Waals surface area contributed by atoms with E-state index >= 15 is 0 Å². The number of thioether (sulfide) groups is 1. The fourth-order valence-corrected chi connectivity index (χ4v) is 3.06. The highest BCUT2D eigenvalue weighted by Gasteiger charge is 2.10. The molecule has 0 aromatic heterocycles. The van der Waals surface area contributed by atoms with Crippen molar-refractivity contribution < 1.29 is 14.7 Å². The van der Waals surface area contributed by atoms with Gasteiger partial charge in [-0.15, -0.1) is 11.8 Å². The second-order valence-electron chi connectivity index (χ2n) is 4.60. The van der Waals surface area contributed by atoms with E-state index in [4.69, 9.17) is 10.8 Å². The van der Waals surface area contributed by atoms with E-state index in [1.165, 1.54) is 11.8 Å². The number of amides is 1. The second kappa shape index (κ2) is 6.45. The van der Waals surface area contributed by atoms with Crippen molar-refractivity contribution >= 4 is 23.6 Å². The molecule has 0 spiro atoms. The minimum absolute atomic E-state index is 0.300. The Kier molecular flexibility index (Phi) is 4.65. The van der Waals surface area contributed by atoms with Crippen molar-refractivity contribution in [2.75, 3.05) is 0 Å². The Hall–Kier alpha value is -2.27. The van der Waals surface area contributed by atoms with Crippen LogP contribution in [0.1, 0.15) is 31.8 Å². The molecule has 0 aliphatic carbocycles. The van der Waals surface area contributed by atoms with Gasteiger partial charge in [-0.3, -0.25) is 4.79 Å². The smallest absolute Gasteiger partial charge is 0.336 e. The van der Waals surface area contributed by atoms with E-state index in [9.17, 15) is 9.59 Å². The Balaban J connectivity index is 2.17. The van der Waals surface area contributed by atoms with Gasteiger partial charge in [-0.25, -0.2) is 4.79 Å². The summed E-state index contributed by atoms with van der Waals surface area (Å²) in [5.41, 5.74) is 8.03. The van der Waals surface area contributed by atoms with Crippen LogP contribution >= 0.6 is 11.8 Å². The highest BCUT2D eigenvalue weighted by Crippen LogP contribution is 2.27. The zero-order chi connectivity index (χ0) is 15.4. The summed E-state index contributed by atoms with van der Waals surface area (Å²) < 4.78 is 0. The molecule has 2 aromatic carbocycles. The number of carboxylic acids is 1. The fourth-order valence-electron chi connectivity index (χ4n) is 1.94. The van der Waals surface area contributed by atoms with Crippen molar-refractivity contribution in [3.63, 3.8) is 0 Å². The summed E-state index contributed by atoms with van der Waals surface area (Å²) in [7, 11) is 0. The lowest BCUT2D eigenvalue weighted by Gasteiger charge is -2.09. The summed E-state index contributed by atoms with van der Waals surface area (Å²) in [5.74, 6) is -0.748. The number of carbonyl (C=O) groups is 2. The molecule has 2 aromatic rings. The zero-order valence-electron chi connectivity index (χ0n) is 11.5. The lowest BCUT2D eigenvalue weighted by Crippen LogP contribution is -2.11. The number of benzene rings is 2. The largest absolute Gasteiger partial charge is 0.478 e. The molecule has 0 fully saturated rings. The number of carboxylic acid groups (broad SMARTS) is 1. The SMILES string of the molecule is Cc1cc(C(N)=O)ccc1CSc1ccccc1C(=O)O. The predicted molar refractivity (Wildman–Crippen MR) is 82.7 cm³/mol. The maximum absolute atomic E-state index is 11.2. The molecule has 0 aliphatic rings. The third-order valence-electron chi connectivity index (χ3n) is 3.13. The highest BCUT2D eigenvalue weighted by molar-refractivity contribution is 7.98. The van der Waals surface area contributed by atoms with Crippen molar-refractivity contribution in [3.8, 4) is 0 Å². The number of aryl methyl sites for hydroxylation is 1. The highest BCUT2D eigenvalue weighted by atomic mass is 32.2. The van der Waals surface area contributed by atoms with Gasteiger partial charge in [-0.1, -0.05) is 18.2 Å². The standard InChI is InChI=1S/C16H15NO3S/c1-10-8-11(15(17)18)6-7-12(10)9-21-14-5-3-2-4-13(14)16(19)20/h2-8H,9H2,1H3,(H2,17,18)(H,19,20). The molecule has 0 unspecified atom stereocenters. The molecule has 0 atom stereocenters.